The van der Waals surface area contributed by atoms with E-state index >= 15 is 0 Å². The first-order chi connectivity index (χ1) is 18.2. The molecule has 1 aliphatic rings. The third kappa shape index (κ3) is 6.35. The minimum Gasteiger partial charge on any atom is -0.493 e. The fraction of sp³-hybridized carbons (Fsp3) is 0.148. The maximum absolute atomic E-state index is 12.9. The largest absolute Gasteiger partial charge is 0.493 e. The molecule has 1 heterocycles. The standard InChI is InChI=1S/C27H21BrCl2N2O5S/c1-32-25(33)24(38-27(32)31-19-8-5-15(6-9-19)26(34)36-3)11-17-10-22(35-2)23(13-20(17)28)37-14-16-4-7-18(29)12-21(16)30/h4-13H,14H2,1-3H3/b24-11-,31-27?. The Kier molecular flexibility index (Phi) is 9.04. The zero-order valence-corrected chi connectivity index (χ0v) is 24.4. The number of thioether (sulfide) groups is 1. The van der Waals surface area contributed by atoms with Gasteiger partial charge in [0.1, 0.15) is 6.61 Å². The molecule has 0 radical (unpaired) electrons. The Morgan fingerprint density at radius 2 is 1.82 bits per heavy atom. The van der Waals surface area contributed by atoms with Crippen LogP contribution in [0.4, 0.5) is 5.69 Å². The second-order valence-electron chi connectivity index (χ2n) is 7.96. The molecule has 1 saturated heterocycles. The van der Waals surface area contributed by atoms with E-state index in [1.165, 1.54) is 23.8 Å². The number of benzene rings is 3. The fourth-order valence-corrected chi connectivity index (χ4v) is 5.30. The van der Waals surface area contributed by atoms with E-state index in [9.17, 15) is 9.59 Å². The van der Waals surface area contributed by atoms with Gasteiger partial charge < -0.3 is 14.2 Å². The van der Waals surface area contributed by atoms with Crippen LogP contribution in [0.5, 0.6) is 11.5 Å². The quantitative estimate of drug-likeness (QED) is 0.199. The Labute approximate surface area is 242 Å². The molecule has 196 valence electrons. The molecule has 0 N–H and O–H groups in total. The lowest BCUT2D eigenvalue weighted by Crippen LogP contribution is -2.23. The average Bonchev–Trinajstić information content (AvgIpc) is 3.16. The van der Waals surface area contributed by atoms with E-state index in [4.69, 9.17) is 37.4 Å². The van der Waals surface area contributed by atoms with Gasteiger partial charge in [-0.3, -0.25) is 9.69 Å². The third-order valence-electron chi connectivity index (χ3n) is 5.48. The van der Waals surface area contributed by atoms with Gasteiger partial charge in [-0.25, -0.2) is 9.79 Å². The van der Waals surface area contributed by atoms with Gasteiger partial charge >= 0.3 is 5.97 Å². The number of rotatable bonds is 7. The van der Waals surface area contributed by atoms with Crippen LogP contribution in [0.3, 0.4) is 0 Å². The number of nitrogens with zero attached hydrogens (tertiary/aromatic N) is 2. The SMILES string of the molecule is COC(=O)c1ccc(N=C2S/C(=C\c3cc(OC)c(OCc4ccc(Cl)cc4Cl)cc3Br)C(=O)N2C)cc1. The van der Waals surface area contributed by atoms with E-state index in [-0.39, 0.29) is 12.5 Å². The number of carbonyl (C=O) groups excluding carboxylic acids is 2. The van der Waals surface area contributed by atoms with Crippen molar-refractivity contribution >= 4 is 79.7 Å². The van der Waals surface area contributed by atoms with Gasteiger partial charge in [0.25, 0.3) is 5.91 Å². The molecule has 38 heavy (non-hydrogen) atoms. The molecule has 7 nitrogen and oxygen atoms in total. The molecular formula is C27H21BrCl2N2O5S. The second kappa shape index (κ2) is 12.3. The van der Waals surface area contributed by atoms with Crippen LogP contribution < -0.4 is 9.47 Å². The number of likely N-dealkylation sites (N-methyl/N-ethyl adjacent to an activating group) is 1. The first-order valence-electron chi connectivity index (χ1n) is 11.1. The van der Waals surface area contributed by atoms with Crippen molar-refractivity contribution in [2.75, 3.05) is 21.3 Å². The van der Waals surface area contributed by atoms with Gasteiger partial charge in [-0.05, 0) is 71.9 Å². The molecule has 1 aliphatic heterocycles. The lowest BCUT2D eigenvalue weighted by Gasteiger charge is -2.14. The van der Waals surface area contributed by atoms with Crippen LogP contribution in [0, 0.1) is 0 Å². The summed E-state index contributed by atoms with van der Waals surface area (Å²) in [5.74, 6) is 0.382. The van der Waals surface area contributed by atoms with Crippen molar-refractivity contribution in [3.05, 3.63) is 90.7 Å². The van der Waals surface area contributed by atoms with Crippen molar-refractivity contribution in [2.45, 2.75) is 6.61 Å². The topological polar surface area (TPSA) is 77.4 Å². The van der Waals surface area contributed by atoms with Crippen LogP contribution in [0.2, 0.25) is 10.0 Å². The van der Waals surface area contributed by atoms with Crippen molar-refractivity contribution in [3.63, 3.8) is 0 Å². The normalized spacial score (nSPS) is 15.3. The van der Waals surface area contributed by atoms with E-state index < -0.39 is 5.97 Å². The summed E-state index contributed by atoms with van der Waals surface area (Å²) in [5, 5.41) is 1.57. The Morgan fingerprint density at radius 3 is 2.47 bits per heavy atom. The molecule has 0 unspecified atom stereocenters. The van der Waals surface area contributed by atoms with Crippen molar-refractivity contribution in [2.24, 2.45) is 4.99 Å². The molecule has 0 bridgehead atoms. The summed E-state index contributed by atoms with van der Waals surface area (Å²) in [5.41, 5.74) is 2.53. The molecule has 3 aromatic carbocycles. The number of amides is 1. The number of carbonyl (C=O) groups is 2. The van der Waals surface area contributed by atoms with E-state index in [2.05, 4.69) is 20.9 Å². The van der Waals surface area contributed by atoms with Crippen molar-refractivity contribution in [1.29, 1.82) is 0 Å². The summed E-state index contributed by atoms with van der Waals surface area (Å²) in [7, 11) is 4.53. The number of methoxy groups -OCH3 is 2. The minimum absolute atomic E-state index is 0.191. The van der Waals surface area contributed by atoms with Gasteiger partial charge in [-0.2, -0.15) is 0 Å². The van der Waals surface area contributed by atoms with Crippen molar-refractivity contribution in [3.8, 4) is 11.5 Å². The van der Waals surface area contributed by atoms with Crippen LogP contribution in [-0.4, -0.2) is 43.2 Å². The number of ether oxygens (including phenoxy) is 3. The highest BCUT2D eigenvalue weighted by molar-refractivity contribution is 9.10. The van der Waals surface area contributed by atoms with Gasteiger partial charge in [-0.15, -0.1) is 0 Å². The molecule has 1 amide bonds. The molecule has 0 spiro atoms. The molecule has 3 aromatic rings. The molecule has 0 aromatic heterocycles. The van der Waals surface area contributed by atoms with Crippen molar-refractivity contribution < 1.29 is 23.8 Å². The van der Waals surface area contributed by atoms with E-state index in [1.54, 1.807) is 74.8 Å². The average molecular weight is 636 g/mol. The van der Waals surface area contributed by atoms with Crippen LogP contribution in [-0.2, 0) is 16.1 Å². The maximum atomic E-state index is 12.9. The van der Waals surface area contributed by atoms with Gasteiger partial charge in [0, 0.05) is 27.1 Å². The van der Waals surface area contributed by atoms with Crippen molar-refractivity contribution in [1.82, 2.24) is 4.90 Å². The highest BCUT2D eigenvalue weighted by Crippen LogP contribution is 2.39. The Morgan fingerprint density at radius 1 is 1.08 bits per heavy atom. The number of amidine groups is 1. The molecule has 11 heteroatoms. The summed E-state index contributed by atoms with van der Waals surface area (Å²) in [6, 6.07) is 15.4. The molecule has 1 fully saturated rings. The summed E-state index contributed by atoms with van der Waals surface area (Å²) in [6.07, 6.45) is 1.76. The number of hydrogen-bond donors (Lipinski definition) is 0. The smallest absolute Gasteiger partial charge is 0.337 e. The molecule has 0 aliphatic carbocycles. The number of halogens is 3. The second-order valence-corrected chi connectivity index (χ2v) is 10.7. The first kappa shape index (κ1) is 28.0. The molecule has 0 atom stereocenters. The zero-order valence-electron chi connectivity index (χ0n) is 20.5. The lowest BCUT2D eigenvalue weighted by molar-refractivity contribution is -0.121. The van der Waals surface area contributed by atoms with Crippen LogP contribution in [0.15, 0.2) is 69.0 Å². The van der Waals surface area contributed by atoms with E-state index in [0.717, 1.165) is 11.1 Å². The minimum atomic E-state index is -0.428. The molecule has 0 saturated carbocycles. The highest BCUT2D eigenvalue weighted by Gasteiger charge is 2.30. The highest BCUT2D eigenvalue weighted by atomic mass is 79.9. The molecular weight excluding hydrogens is 615 g/mol. The van der Waals surface area contributed by atoms with Crippen LogP contribution >= 0.6 is 50.9 Å². The van der Waals surface area contributed by atoms with E-state index in [0.29, 0.717) is 47.3 Å². The van der Waals surface area contributed by atoms with Gasteiger partial charge in [0.2, 0.25) is 0 Å². The number of esters is 1. The summed E-state index contributed by atoms with van der Waals surface area (Å²) < 4.78 is 16.9. The number of hydrogen-bond acceptors (Lipinski definition) is 7. The Hall–Kier alpha value is -2.98. The Bertz CT molecular complexity index is 1460. The number of aliphatic imine (C=N–C) groups is 1. The molecule has 4 rings (SSSR count). The predicted octanol–water partition coefficient (Wildman–Crippen LogP) is 7.36. The summed E-state index contributed by atoms with van der Waals surface area (Å²) >= 11 is 17.0. The van der Waals surface area contributed by atoms with E-state index in [1.807, 2.05) is 0 Å². The predicted molar refractivity (Wildman–Crippen MR) is 155 cm³/mol. The van der Waals surface area contributed by atoms with Gasteiger partial charge in [0.15, 0.2) is 16.7 Å². The maximum Gasteiger partial charge on any atom is 0.337 e. The third-order valence-corrected chi connectivity index (χ3v) is 7.82. The van der Waals surface area contributed by atoms with Crippen LogP contribution in [0.25, 0.3) is 6.08 Å². The zero-order chi connectivity index (χ0) is 27.4. The van der Waals surface area contributed by atoms with Crippen LogP contribution in [0.1, 0.15) is 21.5 Å². The summed E-state index contributed by atoms with van der Waals surface area (Å²) in [6.45, 7) is 0.221. The fourth-order valence-electron chi connectivity index (χ4n) is 3.42. The first-order valence-corrected chi connectivity index (χ1v) is 13.5. The Balaban J connectivity index is 1.55. The summed E-state index contributed by atoms with van der Waals surface area (Å²) in [4.78, 5) is 31.1. The lowest BCUT2D eigenvalue weighted by atomic mass is 10.1. The van der Waals surface area contributed by atoms with Gasteiger partial charge in [-0.1, -0.05) is 45.2 Å². The van der Waals surface area contributed by atoms with Gasteiger partial charge in [0.05, 0.1) is 30.4 Å². The monoisotopic (exact) mass is 634 g/mol.